The Kier molecular flexibility index (Phi) is 5.17. The van der Waals surface area contributed by atoms with Gasteiger partial charge in [-0.1, -0.05) is 31.6 Å². The molecule has 1 heterocycles. The molecule has 30 heavy (non-hydrogen) atoms. The first-order chi connectivity index (χ1) is 13.8. The van der Waals surface area contributed by atoms with Crippen LogP contribution in [0.4, 0.5) is 13.2 Å². The first-order valence-electron chi connectivity index (χ1n) is 10.3. The summed E-state index contributed by atoms with van der Waals surface area (Å²) in [5.74, 6) is 3.25. The molecule has 1 aromatic carbocycles. The summed E-state index contributed by atoms with van der Waals surface area (Å²) in [5, 5.41) is 0. The van der Waals surface area contributed by atoms with E-state index >= 15 is 0 Å². The van der Waals surface area contributed by atoms with E-state index in [1.807, 2.05) is 6.07 Å². The zero-order valence-corrected chi connectivity index (χ0v) is 19.3. The van der Waals surface area contributed by atoms with Crippen LogP contribution in [0.1, 0.15) is 29.5 Å². The number of fused-ring (bicyclic) bond motifs is 1. The molecule has 0 aromatic heterocycles. The molecule has 1 aromatic rings. The Morgan fingerprint density at radius 3 is 2.40 bits per heavy atom. The molecule has 0 unspecified atom stereocenters. The summed E-state index contributed by atoms with van der Waals surface area (Å²) in [6, 6.07) is 6.16. The SMILES string of the molecule is C[Si](C)(C)C#Cc1ccc2c(c1)C[C@H]1CC[C@@H](C2)[C@]12CN(CC(F)(F)F)S(=O)(=O)N2. The van der Waals surface area contributed by atoms with Gasteiger partial charge in [-0.05, 0) is 60.8 Å². The second kappa shape index (κ2) is 7.09. The van der Waals surface area contributed by atoms with E-state index in [1.165, 1.54) is 0 Å². The van der Waals surface area contributed by atoms with Crippen molar-refractivity contribution in [3.8, 4) is 11.5 Å². The van der Waals surface area contributed by atoms with Gasteiger partial charge in [-0.3, -0.25) is 0 Å². The highest BCUT2D eigenvalue weighted by Crippen LogP contribution is 2.50. The van der Waals surface area contributed by atoms with Crippen LogP contribution in [0.25, 0.3) is 0 Å². The lowest BCUT2D eigenvalue weighted by Crippen LogP contribution is -2.52. The average molecular weight is 457 g/mol. The second-order valence-electron chi connectivity index (χ2n) is 9.89. The van der Waals surface area contributed by atoms with Gasteiger partial charge < -0.3 is 0 Å². The van der Waals surface area contributed by atoms with Gasteiger partial charge >= 0.3 is 6.18 Å². The van der Waals surface area contributed by atoms with Gasteiger partial charge in [-0.25, -0.2) is 0 Å². The molecule has 3 atom stereocenters. The topological polar surface area (TPSA) is 49.4 Å². The molecule has 3 aliphatic rings. The predicted molar refractivity (Wildman–Crippen MR) is 113 cm³/mol. The molecule has 2 fully saturated rings. The van der Waals surface area contributed by atoms with E-state index in [0.717, 1.165) is 29.5 Å². The van der Waals surface area contributed by atoms with Gasteiger partial charge in [0.05, 0.1) is 5.54 Å². The van der Waals surface area contributed by atoms with Crippen LogP contribution in [0, 0.1) is 23.3 Å². The fourth-order valence-corrected chi connectivity index (χ4v) is 7.41. The van der Waals surface area contributed by atoms with Gasteiger partial charge in [0.15, 0.2) is 0 Å². The van der Waals surface area contributed by atoms with Crippen LogP contribution in [-0.4, -0.2) is 45.6 Å². The number of alkyl halides is 3. The largest absolute Gasteiger partial charge is 0.402 e. The lowest BCUT2D eigenvalue weighted by atomic mass is 9.79. The standard InChI is InChI=1S/C21H27F3N2O2SSi/c1-30(2,3)9-8-15-4-5-16-11-18-6-7-19(12-17(16)10-15)20(18)13-26(14-21(22,23)24)29(27,28)25-20/h4-5,10,18-19,25H,6-7,11-14H2,1-3H3/t18-,19+,20+/m0/s1. The van der Waals surface area contributed by atoms with Crippen molar-refractivity contribution in [1.29, 1.82) is 0 Å². The summed E-state index contributed by atoms with van der Waals surface area (Å²) in [5.41, 5.74) is 5.80. The van der Waals surface area contributed by atoms with Gasteiger partial charge in [-0.2, -0.15) is 30.6 Å². The summed E-state index contributed by atoms with van der Waals surface area (Å²) in [4.78, 5) is 0. The van der Waals surface area contributed by atoms with Crippen LogP contribution >= 0.6 is 0 Å². The molecule has 1 spiro atoms. The molecule has 4 rings (SSSR count). The number of hydrogen-bond acceptors (Lipinski definition) is 2. The van der Waals surface area contributed by atoms with E-state index in [-0.39, 0.29) is 18.4 Å². The predicted octanol–water partition coefficient (Wildman–Crippen LogP) is 3.49. The quantitative estimate of drug-likeness (QED) is 0.520. The number of halogens is 3. The number of nitrogens with zero attached hydrogens (tertiary/aromatic N) is 1. The second-order valence-corrected chi connectivity index (χ2v) is 16.3. The third-order valence-corrected chi connectivity index (χ3v) is 8.94. The monoisotopic (exact) mass is 456 g/mol. The molecule has 164 valence electrons. The number of benzene rings is 1. The molecule has 1 aliphatic heterocycles. The summed E-state index contributed by atoms with van der Waals surface area (Å²) >= 11 is 0. The van der Waals surface area contributed by atoms with Crippen LogP contribution in [0.2, 0.25) is 19.6 Å². The van der Waals surface area contributed by atoms with Crippen molar-refractivity contribution in [2.45, 2.75) is 57.0 Å². The zero-order valence-electron chi connectivity index (χ0n) is 17.4. The van der Waals surface area contributed by atoms with Crippen molar-refractivity contribution in [3.05, 3.63) is 34.9 Å². The van der Waals surface area contributed by atoms with Gasteiger partial charge in [-0.15, -0.1) is 5.54 Å². The maximum absolute atomic E-state index is 13.0. The van der Waals surface area contributed by atoms with E-state index in [4.69, 9.17) is 0 Å². The Morgan fingerprint density at radius 1 is 1.17 bits per heavy atom. The molecular weight excluding hydrogens is 429 g/mol. The Labute approximate surface area is 177 Å². The number of hydrogen-bond donors (Lipinski definition) is 1. The maximum atomic E-state index is 13.0. The highest BCUT2D eigenvalue weighted by Gasteiger charge is 2.60. The highest BCUT2D eigenvalue weighted by molar-refractivity contribution is 7.87. The van der Waals surface area contributed by atoms with Crippen molar-refractivity contribution in [3.63, 3.8) is 0 Å². The third kappa shape index (κ3) is 4.20. The highest BCUT2D eigenvalue weighted by atomic mass is 32.2. The molecule has 0 amide bonds. The molecule has 1 N–H and O–H groups in total. The molecule has 1 saturated heterocycles. The zero-order chi connectivity index (χ0) is 21.9. The summed E-state index contributed by atoms with van der Waals surface area (Å²) < 4.78 is 67.3. The van der Waals surface area contributed by atoms with E-state index in [9.17, 15) is 21.6 Å². The van der Waals surface area contributed by atoms with Gasteiger partial charge in [0, 0.05) is 12.1 Å². The van der Waals surface area contributed by atoms with Crippen molar-refractivity contribution in [2.24, 2.45) is 11.8 Å². The van der Waals surface area contributed by atoms with Crippen molar-refractivity contribution >= 4 is 18.3 Å². The van der Waals surface area contributed by atoms with Crippen LogP contribution in [0.5, 0.6) is 0 Å². The van der Waals surface area contributed by atoms with Crippen molar-refractivity contribution in [2.75, 3.05) is 13.1 Å². The number of rotatable bonds is 1. The normalized spacial score (nSPS) is 30.6. The van der Waals surface area contributed by atoms with E-state index in [1.54, 1.807) is 0 Å². The summed E-state index contributed by atoms with van der Waals surface area (Å²) in [7, 11) is -5.65. The molecule has 2 bridgehead atoms. The average Bonchev–Trinajstić information content (AvgIpc) is 2.96. The van der Waals surface area contributed by atoms with Crippen LogP contribution < -0.4 is 4.72 Å². The summed E-state index contributed by atoms with van der Waals surface area (Å²) in [6.45, 7) is 5.01. The lowest BCUT2D eigenvalue weighted by molar-refractivity contribution is -0.136. The molecule has 4 nitrogen and oxygen atoms in total. The van der Waals surface area contributed by atoms with E-state index in [2.05, 4.69) is 48.0 Å². The van der Waals surface area contributed by atoms with Gasteiger partial charge in [0.25, 0.3) is 10.2 Å². The Bertz CT molecular complexity index is 1020. The first-order valence-corrected chi connectivity index (χ1v) is 15.2. The molecule has 2 aliphatic carbocycles. The van der Waals surface area contributed by atoms with Crippen LogP contribution in [0.15, 0.2) is 18.2 Å². The smallest absolute Gasteiger partial charge is 0.195 e. The van der Waals surface area contributed by atoms with Gasteiger partial charge in [0.1, 0.15) is 14.6 Å². The van der Waals surface area contributed by atoms with Gasteiger partial charge in [0.2, 0.25) is 0 Å². The Morgan fingerprint density at radius 2 is 1.80 bits per heavy atom. The van der Waals surface area contributed by atoms with Crippen LogP contribution in [-0.2, 0) is 23.1 Å². The fraction of sp³-hybridized carbons (Fsp3) is 0.619. The lowest BCUT2D eigenvalue weighted by Gasteiger charge is -2.33. The van der Waals surface area contributed by atoms with Crippen LogP contribution in [0.3, 0.4) is 0 Å². The number of nitrogens with one attached hydrogen (secondary N) is 1. The minimum atomic E-state index is -4.56. The molecule has 0 radical (unpaired) electrons. The Balaban J connectivity index is 1.65. The van der Waals surface area contributed by atoms with E-state index in [0.29, 0.717) is 17.1 Å². The third-order valence-electron chi connectivity index (χ3n) is 6.49. The van der Waals surface area contributed by atoms with E-state index < -0.39 is 36.5 Å². The van der Waals surface area contributed by atoms with Crippen molar-refractivity contribution in [1.82, 2.24) is 9.03 Å². The Hall–Kier alpha value is -1.34. The minimum Gasteiger partial charge on any atom is -0.195 e. The first kappa shape index (κ1) is 21.9. The summed E-state index contributed by atoms with van der Waals surface area (Å²) in [6.07, 6.45) is -1.58. The fourth-order valence-electron chi connectivity index (χ4n) is 5.18. The molecular formula is C21H27F3N2O2SSi. The molecule has 9 heteroatoms. The minimum absolute atomic E-state index is 0.00400. The maximum Gasteiger partial charge on any atom is 0.402 e. The molecule has 1 saturated carbocycles. The van der Waals surface area contributed by atoms with Crippen molar-refractivity contribution < 1.29 is 21.6 Å².